The first kappa shape index (κ1) is 28.3. The summed E-state index contributed by atoms with van der Waals surface area (Å²) in [4.78, 5) is 46.8. The summed E-state index contributed by atoms with van der Waals surface area (Å²) in [5, 5.41) is 9.68. The Hall–Kier alpha value is -2.68. The fraction of sp³-hybridized carbons (Fsp3) is 0.552. The number of aliphatic hydroxyl groups is 1. The van der Waals surface area contributed by atoms with Crippen LogP contribution in [0.4, 0.5) is 5.69 Å². The molecule has 3 aliphatic heterocycles. The molecule has 38 heavy (non-hydrogen) atoms. The highest BCUT2D eigenvalue weighted by Gasteiger charge is 2.74. The van der Waals surface area contributed by atoms with Crippen LogP contribution in [0.15, 0.2) is 49.6 Å². The van der Waals surface area contributed by atoms with Gasteiger partial charge in [0.15, 0.2) is 0 Å². The molecule has 1 spiro atoms. The highest BCUT2D eigenvalue weighted by Crippen LogP contribution is 2.59. The van der Waals surface area contributed by atoms with Crippen LogP contribution in [-0.2, 0) is 19.1 Å². The summed E-state index contributed by atoms with van der Waals surface area (Å²) >= 11 is 6.10. The number of ether oxygens (including phenoxy) is 1. The number of carbonyl (C=O) groups excluding carboxylic acids is 3. The highest BCUT2D eigenvalue weighted by atomic mass is 35.5. The summed E-state index contributed by atoms with van der Waals surface area (Å²) in [6.07, 6.45) is 7.14. The van der Waals surface area contributed by atoms with Crippen LogP contribution >= 0.6 is 11.6 Å². The third kappa shape index (κ3) is 5.01. The van der Waals surface area contributed by atoms with Gasteiger partial charge in [0.05, 0.1) is 17.9 Å². The average molecular weight is 544 g/mol. The van der Waals surface area contributed by atoms with Gasteiger partial charge >= 0.3 is 0 Å². The fourth-order valence-corrected chi connectivity index (χ4v) is 6.59. The molecule has 3 heterocycles. The Morgan fingerprint density at radius 2 is 1.82 bits per heavy atom. The number of benzene rings is 1. The average Bonchev–Trinajstić information content (AvgIpc) is 3.54. The van der Waals surface area contributed by atoms with Crippen LogP contribution in [0.25, 0.3) is 0 Å². The molecule has 4 rings (SSSR count). The van der Waals surface area contributed by atoms with E-state index in [2.05, 4.69) is 13.2 Å². The van der Waals surface area contributed by atoms with Crippen molar-refractivity contribution in [1.82, 2.24) is 9.80 Å². The van der Waals surface area contributed by atoms with Crippen LogP contribution in [0, 0.1) is 11.8 Å². The van der Waals surface area contributed by atoms with Crippen LogP contribution in [0.5, 0.6) is 0 Å². The minimum atomic E-state index is -1.05. The van der Waals surface area contributed by atoms with Gasteiger partial charge in [-0.15, -0.1) is 13.2 Å². The molecule has 1 N–H and O–H groups in total. The van der Waals surface area contributed by atoms with Crippen molar-refractivity contribution in [3.05, 3.63) is 54.6 Å². The highest BCUT2D eigenvalue weighted by molar-refractivity contribution is 6.30. The number of anilines is 1. The second-order valence-corrected chi connectivity index (χ2v) is 10.9. The molecule has 0 aromatic heterocycles. The Morgan fingerprint density at radius 1 is 1.13 bits per heavy atom. The van der Waals surface area contributed by atoms with Crippen molar-refractivity contribution in [3.8, 4) is 0 Å². The first-order chi connectivity index (χ1) is 18.3. The zero-order valence-electron chi connectivity index (χ0n) is 22.1. The Kier molecular flexibility index (Phi) is 8.96. The minimum Gasteiger partial charge on any atom is -0.396 e. The lowest BCUT2D eigenvalue weighted by Gasteiger charge is -2.37. The van der Waals surface area contributed by atoms with E-state index in [9.17, 15) is 14.4 Å². The number of halogens is 1. The molecule has 0 saturated carbocycles. The molecule has 2 unspecified atom stereocenters. The van der Waals surface area contributed by atoms with Crippen LogP contribution in [-0.4, -0.2) is 83.7 Å². The lowest BCUT2D eigenvalue weighted by atomic mass is 9.70. The van der Waals surface area contributed by atoms with Crippen molar-refractivity contribution in [2.45, 2.75) is 56.3 Å². The van der Waals surface area contributed by atoms with E-state index in [4.69, 9.17) is 21.4 Å². The Bertz CT molecular complexity index is 1060. The van der Waals surface area contributed by atoms with E-state index in [0.717, 1.165) is 12.8 Å². The molecule has 0 aliphatic carbocycles. The van der Waals surface area contributed by atoms with E-state index in [-0.39, 0.29) is 30.9 Å². The normalized spacial score (nSPS) is 27.3. The molecular weight excluding hydrogens is 506 g/mol. The predicted molar refractivity (Wildman–Crippen MR) is 147 cm³/mol. The number of amides is 3. The standard InChI is InChI=1S/C29H38ClN3O5/c1-4-16-31(3)26(35)23-22-14-15-29(38-22)24(23)27(36)33(18-8-6-7-9-19-34)25(29)28(37)32(17-5-2)21-12-10-20(30)11-13-21/h4-5,10-13,22-25,34H,1-2,6-9,14-19H2,3H3/t22-,23+,24+,25?,29?/m1/s1. The number of likely N-dealkylation sites (N-methyl/N-ethyl adjacent to an activating group) is 1. The quantitative estimate of drug-likeness (QED) is 0.304. The van der Waals surface area contributed by atoms with Crippen molar-refractivity contribution < 1.29 is 24.2 Å². The molecule has 3 saturated heterocycles. The molecule has 1 aromatic carbocycles. The zero-order chi connectivity index (χ0) is 27.4. The molecule has 3 aliphatic rings. The first-order valence-corrected chi connectivity index (χ1v) is 13.8. The fourth-order valence-electron chi connectivity index (χ4n) is 6.46. The molecule has 8 nitrogen and oxygen atoms in total. The first-order valence-electron chi connectivity index (χ1n) is 13.4. The van der Waals surface area contributed by atoms with Gasteiger partial charge in [-0.3, -0.25) is 14.4 Å². The number of fused-ring (bicyclic) bond motifs is 1. The number of carbonyl (C=O) groups is 3. The van der Waals surface area contributed by atoms with Gasteiger partial charge in [-0.25, -0.2) is 0 Å². The summed E-state index contributed by atoms with van der Waals surface area (Å²) in [5.41, 5.74) is -0.397. The number of nitrogens with zero attached hydrogens (tertiary/aromatic N) is 3. The van der Waals surface area contributed by atoms with Crippen LogP contribution in [0.1, 0.15) is 38.5 Å². The van der Waals surface area contributed by atoms with E-state index >= 15 is 0 Å². The number of unbranched alkanes of at least 4 members (excludes halogenated alkanes) is 3. The summed E-state index contributed by atoms with van der Waals surface area (Å²) in [7, 11) is 1.70. The van der Waals surface area contributed by atoms with Gasteiger partial charge in [0.25, 0.3) is 5.91 Å². The number of aliphatic hydroxyl groups excluding tert-OH is 1. The van der Waals surface area contributed by atoms with Crippen molar-refractivity contribution in [2.24, 2.45) is 11.8 Å². The van der Waals surface area contributed by atoms with Gasteiger partial charge in [0.1, 0.15) is 11.6 Å². The lowest BCUT2D eigenvalue weighted by Crippen LogP contribution is -2.56. The molecule has 2 bridgehead atoms. The van der Waals surface area contributed by atoms with Gasteiger partial charge in [0.2, 0.25) is 11.8 Å². The summed E-state index contributed by atoms with van der Waals surface area (Å²) in [6.45, 7) is 8.71. The molecule has 3 fully saturated rings. The molecule has 3 amide bonds. The molecule has 206 valence electrons. The van der Waals surface area contributed by atoms with E-state index in [0.29, 0.717) is 49.5 Å². The Morgan fingerprint density at radius 3 is 2.47 bits per heavy atom. The lowest BCUT2D eigenvalue weighted by molar-refractivity contribution is -0.144. The second-order valence-electron chi connectivity index (χ2n) is 10.4. The summed E-state index contributed by atoms with van der Waals surface area (Å²) in [5.74, 6) is -1.91. The third-order valence-electron chi connectivity index (χ3n) is 8.12. The number of likely N-dealkylation sites (tertiary alicyclic amines) is 1. The van der Waals surface area contributed by atoms with E-state index in [1.54, 1.807) is 58.2 Å². The molecule has 0 radical (unpaired) electrons. The van der Waals surface area contributed by atoms with Crippen LogP contribution < -0.4 is 4.90 Å². The number of hydrogen-bond acceptors (Lipinski definition) is 5. The molecular formula is C29H38ClN3O5. The topological polar surface area (TPSA) is 90.4 Å². The monoisotopic (exact) mass is 543 g/mol. The molecule has 5 atom stereocenters. The maximum Gasteiger partial charge on any atom is 0.253 e. The Labute approximate surface area is 229 Å². The molecule has 1 aromatic rings. The van der Waals surface area contributed by atoms with Crippen molar-refractivity contribution in [1.29, 1.82) is 0 Å². The Balaban J connectivity index is 1.70. The maximum atomic E-state index is 14.4. The van der Waals surface area contributed by atoms with Crippen molar-refractivity contribution in [3.63, 3.8) is 0 Å². The van der Waals surface area contributed by atoms with E-state index in [1.807, 2.05) is 0 Å². The number of hydrogen-bond donors (Lipinski definition) is 1. The van der Waals surface area contributed by atoms with Gasteiger partial charge in [0, 0.05) is 44.0 Å². The van der Waals surface area contributed by atoms with Gasteiger partial charge in [-0.1, -0.05) is 36.6 Å². The van der Waals surface area contributed by atoms with E-state index in [1.165, 1.54) is 0 Å². The van der Waals surface area contributed by atoms with Crippen molar-refractivity contribution >= 4 is 35.0 Å². The smallest absolute Gasteiger partial charge is 0.253 e. The SMILES string of the molecule is C=CCN(C)C(=O)[C@@H]1[C@H]2C(=O)N(CCCCCCO)C(C(=O)N(CC=C)c3ccc(Cl)cc3)C23CC[C@H]1O3. The van der Waals surface area contributed by atoms with E-state index < -0.39 is 29.6 Å². The largest absolute Gasteiger partial charge is 0.396 e. The van der Waals surface area contributed by atoms with Crippen LogP contribution in [0.3, 0.4) is 0 Å². The third-order valence-corrected chi connectivity index (χ3v) is 8.37. The van der Waals surface area contributed by atoms with Gasteiger partial charge in [-0.05, 0) is 49.9 Å². The second kappa shape index (κ2) is 12.0. The van der Waals surface area contributed by atoms with Gasteiger partial charge < -0.3 is 24.5 Å². The zero-order valence-corrected chi connectivity index (χ0v) is 22.8. The van der Waals surface area contributed by atoms with Crippen LogP contribution in [0.2, 0.25) is 5.02 Å². The predicted octanol–water partition coefficient (Wildman–Crippen LogP) is 3.43. The van der Waals surface area contributed by atoms with Gasteiger partial charge in [-0.2, -0.15) is 0 Å². The molecule has 9 heteroatoms. The maximum absolute atomic E-state index is 14.4. The summed E-state index contributed by atoms with van der Waals surface area (Å²) in [6, 6.07) is 6.15. The summed E-state index contributed by atoms with van der Waals surface area (Å²) < 4.78 is 6.55. The number of rotatable bonds is 13. The van der Waals surface area contributed by atoms with Crippen molar-refractivity contribution in [2.75, 3.05) is 38.2 Å². The minimum absolute atomic E-state index is 0.129.